The van der Waals surface area contributed by atoms with E-state index in [0.29, 0.717) is 24.8 Å². The highest BCUT2D eigenvalue weighted by Gasteiger charge is 2.22. The Morgan fingerprint density at radius 1 is 1.11 bits per heavy atom. The van der Waals surface area contributed by atoms with Crippen LogP contribution in [0, 0.1) is 5.82 Å². The van der Waals surface area contributed by atoms with Gasteiger partial charge in [-0.15, -0.1) is 10.2 Å². The molecule has 0 spiro atoms. The van der Waals surface area contributed by atoms with Crippen molar-refractivity contribution in [1.29, 1.82) is 0 Å². The van der Waals surface area contributed by atoms with Gasteiger partial charge in [0.25, 0.3) is 0 Å². The quantitative estimate of drug-likeness (QED) is 0.590. The molecular formula is C20H21FN4O2S. The van der Waals surface area contributed by atoms with E-state index in [0.717, 1.165) is 35.3 Å². The predicted molar refractivity (Wildman–Crippen MR) is 107 cm³/mol. The molecule has 0 unspecified atom stereocenters. The number of aromatic nitrogens is 3. The van der Waals surface area contributed by atoms with Crippen molar-refractivity contribution in [3.63, 3.8) is 0 Å². The van der Waals surface area contributed by atoms with Crippen LogP contribution in [-0.2, 0) is 10.5 Å². The molecule has 0 bridgehead atoms. The van der Waals surface area contributed by atoms with Crippen LogP contribution < -0.4 is 9.64 Å². The SMILES string of the molecule is COc1ccc(CSc2nnc(N3CCOCC3)n2-c2cccc(F)c2)cc1. The Hall–Kier alpha value is -2.58. The van der Waals surface area contributed by atoms with Crippen LogP contribution in [0.15, 0.2) is 53.7 Å². The largest absolute Gasteiger partial charge is 0.497 e. The van der Waals surface area contributed by atoms with E-state index in [1.807, 2.05) is 34.9 Å². The third-order valence-electron chi connectivity index (χ3n) is 4.50. The van der Waals surface area contributed by atoms with Crippen LogP contribution in [-0.4, -0.2) is 48.2 Å². The summed E-state index contributed by atoms with van der Waals surface area (Å²) in [4.78, 5) is 2.12. The Kier molecular flexibility index (Phi) is 5.78. The summed E-state index contributed by atoms with van der Waals surface area (Å²) in [6.07, 6.45) is 0. The van der Waals surface area contributed by atoms with Gasteiger partial charge in [0.15, 0.2) is 5.16 Å². The highest BCUT2D eigenvalue weighted by atomic mass is 32.2. The summed E-state index contributed by atoms with van der Waals surface area (Å²) in [6.45, 7) is 2.75. The Morgan fingerprint density at radius 3 is 2.61 bits per heavy atom. The van der Waals surface area contributed by atoms with Gasteiger partial charge in [-0.05, 0) is 35.9 Å². The van der Waals surface area contributed by atoms with Crippen molar-refractivity contribution in [2.24, 2.45) is 0 Å². The van der Waals surface area contributed by atoms with Gasteiger partial charge in [-0.1, -0.05) is 30.0 Å². The monoisotopic (exact) mass is 400 g/mol. The Labute approximate surface area is 167 Å². The molecule has 1 fully saturated rings. The van der Waals surface area contributed by atoms with Crippen molar-refractivity contribution < 1.29 is 13.9 Å². The van der Waals surface area contributed by atoms with Gasteiger partial charge in [0.05, 0.1) is 26.0 Å². The third-order valence-corrected chi connectivity index (χ3v) is 5.50. The standard InChI is InChI=1S/C20H21FN4O2S/c1-26-18-7-5-15(6-8-18)14-28-20-23-22-19(24-9-11-27-12-10-24)25(20)17-4-2-3-16(21)13-17/h2-8,13H,9-12,14H2,1H3. The normalized spacial score (nSPS) is 14.3. The Bertz CT molecular complexity index is 926. The summed E-state index contributed by atoms with van der Waals surface area (Å²) >= 11 is 1.57. The molecule has 0 saturated carbocycles. The number of hydrogen-bond acceptors (Lipinski definition) is 6. The minimum Gasteiger partial charge on any atom is -0.497 e. The number of ether oxygens (including phenoxy) is 2. The van der Waals surface area contributed by atoms with E-state index in [2.05, 4.69) is 15.1 Å². The summed E-state index contributed by atoms with van der Waals surface area (Å²) in [5.41, 5.74) is 1.86. The van der Waals surface area contributed by atoms with E-state index >= 15 is 0 Å². The van der Waals surface area contributed by atoms with E-state index in [1.54, 1.807) is 24.9 Å². The van der Waals surface area contributed by atoms with Crippen LogP contribution in [0.3, 0.4) is 0 Å². The smallest absolute Gasteiger partial charge is 0.232 e. The highest BCUT2D eigenvalue weighted by molar-refractivity contribution is 7.98. The third kappa shape index (κ3) is 4.13. The number of morpholine rings is 1. The number of nitrogens with zero attached hydrogens (tertiary/aromatic N) is 4. The molecule has 0 aliphatic carbocycles. The number of rotatable bonds is 6. The maximum Gasteiger partial charge on any atom is 0.232 e. The fraction of sp³-hybridized carbons (Fsp3) is 0.300. The topological polar surface area (TPSA) is 52.4 Å². The highest BCUT2D eigenvalue weighted by Crippen LogP contribution is 2.29. The molecular weight excluding hydrogens is 379 g/mol. The molecule has 8 heteroatoms. The second-order valence-electron chi connectivity index (χ2n) is 6.33. The zero-order valence-corrected chi connectivity index (χ0v) is 16.4. The lowest BCUT2D eigenvalue weighted by Crippen LogP contribution is -2.37. The first-order valence-corrected chi connectivity index (χ1v) is 10.0. The molecule has 2 aromatic carbocycles. The summed E-state index contributed by atoms with van der Waals surface area (Å²) in [5.74, 6) is 1.98. The molecule has 4 rings (SSSR count). The van der Waals surface area contributed by atoms with Gasteiger partial charge < -0.3 is 14.4 Å². The van der Waals surface area contributed by atoms with E-state index in [-0.39, 0.29) is 5.82 Å². The lowest BCUT2D eigenvalue weighted by Gasteiger charge is -2.27. The molecule has 3 aromatic rings. The average Bonchev–Trinajstić information content (AvgIpc) is 3.17. The first kappa shape index (κ1) is 18.8. The molecule has 1 aliphatic heterocycles. The van der Waals surface area contributed by atoms with Crippen molar-refractivity contribution in [2.75, 3.05) is 38.3 Å². The molecule has 2 heterocycles. The molecule has 0 atom stereocenters. The number of hydrogen-bond donors (Lipinski definition) is 0. The molecule has 0 N–H and O–H groups in total. The van der Waals surface area contributed by atoms with Gasteiger partial charge in [0.2, 0.25) is 5.95 Å². The fourth-order valence-electron chi connectivity index (χ4n) is 3.03. The van der Waals surface area contributed by atoms with E-state index in [4.69, 9.17) is 9.47 Å². The van der Waals surface area contributed by atoms with Crippen LogP contribution in [0.4, 0.5) is 10.3 Å². The fourth-order valence-corrected chi connectivity index (χ4v) is 3.94. The van der Waals surface area contributed by atoms with Gasteiger partial charge in [0, 0.05) is 18.8 Å². The lowest BCUT2D eigenvalue weighted by atomic mass is 10.2. The Balaban J connectivity index is 1.63. The van der Waals surface area contributed by atoms with Crippen molar-refractivity contribution in [2.45, 2.75) is 10.9 Å². The summed E-state index contributed by atoms with van der Waals surface area (Å²) in [5, 5.41) is 9.52. The zero-order valence-electron chi connectivity index (χ0n) is 15.5. The van der Waals surface area contributed by atoms with Crippen LogP contribution in [0.25, 0.3) is 5.69 Å². The van der Waals surface area contributed by atoms with Crippen LogP contribution >= 0.6 is 11.8 Å². The van der Waals surface area contributed by atoms with E-state index < -0.39 is 0 Å². The van der Waals surface area contributed by atoms with Crippen LogP contribution in [0.1, 0.15) is 5.56 Å². The van der Waals surface area contributed by atoms with Crippen LogP contribution in [0.2, 0.25) is 0 Å². The van der Waals surface area contributed by atoms with Crippen molar-refractivity contribution in [3.8, 4) is 11.4 Å². The maximum absolute atomic E-state index is 13.9. The molecule has 1 saturated heterocycles. The number of benzene rings is 2. The number of halogens is 1. The second kappa shape index (κ2) is 8.62. The van der Waals surface area contributed by atoms with Crippen molar-refractivity contribution >= 4 is 17.7 Å². The zero-order chi connectivity index (χ0) is 19.3. The maximum atomic E-state index is 13.9. The molecule has 1 aromatic heterocycles. The summed E-state index contributed by atoms with van der Waals surface area (Å²) < 4.78 is 26.4. The first-order chi connectivity index (χ1) is 13.7. The van der Waals surface area contributed by atoms with E-state index in [1.165, 1.54) is 12.1 Å². The Morgan fingerprint density at radius 2 is 1.89 bits per heavy atom. The van der Waals surface area contributed by atoms with Gasteiger partial charge in [-0.2, -0.15) is 0 Å². The van der Waals surface area contributed by atoms with Gasteiger partial charge >= 0.3 is 0 Å². The van der Waals surface area contributed by atoms with Gasteiger partial charge in [-0.3, -0.25) is 4.57 Å². The van der Waals surface area contributed by atoms with E-state index in [9.17, 15) is 4.39 Å². The predicted octanol–water partition coefficient (Wildman–Crippen LogP) is 3.54. The van der Waals surface area contributed by atoms with Crippen LogP contribution in [0.5, 0.6) is 5.75 Å². The molecule has 0 radical (unpaired) electrons. The van der Waals surface area contributed by atoms with Crippen molar-refractivity contribution in [3.05, 3.63) is 59.9 Å². The minimum atomic E-state index is -0.287. The van der Waals surface area contributed by atoms with Gasteiger partial charge in [-0.25, -0.2) is 4.39 Å². The molecule has 1 aliphatic rings. The summed E-state index contributed by atoms with van der Waals surface area (Å²) in [7, 11) is 1.65. The second-order valence-corrected chi connectivity index (χ2v) is 7.28. The van der Waals surface area contributed by atoms with Gasteiger partial charge in [0.1, 0.15) is 11.6 Å². The van der Waals surface area contributed by atoms with Crippen molar-refractivity contribution in [1.82, 2.24) is 14.8 Å². The summed E-state index contributed by atoms with van der Waals surface area (Å²) in [6, 6.07) is 14.4. The number of methoxy groups -OCH3 is 1. The average molecular weight is 400 g/mol. The molecule has 28 heavy (non-hydrogen) atoms. The number of thioether (sulfide) groups is 1. The minimum absolute atomic E-state index is 0.287. The molecule has 6 nitrogen and oxygen atoms in total. The molecule has 0 amide bonds. The lowest BCUT2D eigenvalue weighted by molar-refractivity contribution is 0.122. The first-order valence-electron chi connectivity index (χ1n) is 9.04. The molecule has 146 valence electrons. The number of anilines is 1.